The summed E-state index contributed by atoms with van der Waals surface area (Å²) in [7, 11) is 0. The van der Waals surface area contributed by atoms with E-state index in [9.17, 15) is 4.79 Å². The maximum Gasteiger partial charge on any atom is 0.220 e. The molecule has 3 N–H and O–H groups in total. The quantitative estimate of drug-likeness (QED) is 0.781. The van der Waals surface area contributed by atoms with Crippen molar-refractivity contribution in [3.8, 4) is 5.75 Å². The molecule has 1 fully saturated rings. The van der Waals surface area contributed by atoms with Crippen molar-refractivity contribution in [1.82, 2.24) is 5.32 Å². The Morgan fingerprint density at radius 2 is 2.10 bits per heavy atom. The fourth-order valence-corrected chi connectivity index (χ4v) is 2.62. The lowest BCUT2D eigenvalue weighted by molar-refractivity contribution is -0.122. The van der Waals surface area contributed by atoms with Gasteiger partial charge in [0.25, 0.3) is 0 Å². The third-order valence-corrected chi connectivity index (χ3v) is 3.88. The summed E-state index contributed by atoms with van der Waals surface area (Å²) in [6.45, 7) is 3.07. The number of aryl methyl sites for hydroxylation is 1. The van der Waals surface area contributed by atoms with Gasteiger partial charge in [0.1, 0.15) is 12.4 Å². The van der Waals surface area contributed by atoms with Crippen LogP contribution < -0.4 is 15.8 Å². The lowest BCUT2D eigenvalue weighted by Crippen LogP contribution is -2.33. The zero-order chi connectivity index (χ0) is 14.4. The first kappa shape index (κ1) is 14.9. The van der Waals surface area contributed by atoms with Crippen LogP contribution in [0.4, 0.5) is 0 Å². The summed E-state index contributed by atoms with van der Waals surface area (Å²) in [5, 5.41) is 2.89. The molecule has 1 amide bonds. The van der Waals surface area contributed by atoms with Crippen molar-refractivity contribution in [2.75, 3.05) is 13.2 Å². The Balaban J connectivity index is 1.60. The minimum absolute atomic E-state index is 0.0832. The Morgan fingerprint density at radius 3 is 2.75 bits per heavy atom. The van der Waals surface area contributed by atoms with Gasteiger partial charge in [-0.3, -0.25) is 4.79 Å². The second-order valence-electron chi connectivity index (χ2n) is 5.57. The molecule has 0 spiro atoms. The molecule has 0 aromatic heterocycles. The lowest BCUT2D eigenvalue weighted by atomic mass is 10.00. The van der Waals surface area contributed by atoms with Crippen LogP contribution in [0, 0.1) is 12.8 Å². The first-order valence-corrected chi connectivity index (χ1v) is 7.37. The van der Waals surface area contributed by atoms with Crippen molar-refractivity contribution >= 4 is 5.91 Å². The van der Waals surface area contributed by atoms with Crippen LogP contribution in [0.25, 0.3) is 0 Å². The molecule has 1 saturated carbocycles. The molecule has 0 radical (unpaired) electrons. The molecule has 110 valence electrons. The number of rotatable bonds is 6. The van der Waals surface area contributed by atoms with E-state index in [1.807, 2.05) is 31.2 Å². The molecular formula is C16H24N2O2. The topological polar surface area (TPSA) is 64.3 Å². The van der Waals surface area contributed by atoms with E-state index in [0.717, 1.165) is 25.0 Å². The maximum absolute atomic E-state index is 11.8. The summed E-state index contributed by atoms with van der Waals surface area (Å²) in [4.78, 5) is 11.8. The fraction of sp³-hybridized carbons (Fsp3) is 0.562. The van der Waals surface area contributed by atoms with E-state index in [4.69, 9.17) is 10.5 Å². The van der Waals surface area contributed by atoms with E-state index in [0.29, 0.717) is 25.5 Å². The van der Waals surface area contributed by atoms with Crippen LogP contribution in [0.2, 0.25) is 0 Å². The van der Waals surface area contributed by atoms with Gasteiger partial charge in [0.05, 0.1) is 6.54 Å². The minimum atomic E-state index is 0.0832. The smallest absolute Gasteiger partial charge is 0.220 e. The standard InChI is InChI=1S/C16H24N2O2/c1-12-5-7-14(8-6-12)20-10-9-18-16(19)11-13-3-2-4-15(13)17/h5-8,13,15H,2-4,9-11,17H2,1H3,(H,18,19)/t13-,15+/m0/s1. The van der Waals surface area contributed by atoms with Gasteiger partial charge in [-0.25, -0.2) is 0 Å². The molecule has 1 aliphatic carbocycles. The van der Waals surface area contributed by atoms with Gasteiger partial charge in [0, 0.05) is 12.5 Å². The highest BCUT2D eigenvalue weighted by atomic mass is 16.5. The molecule has 2 atom stereocenters. The van der Waals surface area contributed by atoms with Crippen molar-refractivity contribution in [2.45, 2.75) is 38.6 Å². The van der Waals surface area contributed by atoms with Crippen molar-refractivity contribution in [2.24, 2.45) is 11.7 Å². The molecule has 0 heterocycles. The summed E-state index contributed by atoms with van der Waals surface area (Å²) in [6.07, 6.45) is 3.82. The molecule has 1 aromatic rings. The number of nitrogens with one attached hydrogen (secondary N) is 1. The van der Waals surface area contributed by atoms with Gasteiger partial charge in [-0.05, 0) is 37.8 Å². The summed E-state index contributed by atoms with van der Waals surface area (Å²) < 4.78 is 5.56. The minimum Gasteiger partial charge on any atom is -0.492 e. The van der Waals surface area contributed by atoms with Crippen LogP contribution in [0.5, 0.6) is 5.75 Å². The highest BCUT2D eigenvalue weighted by Crippen LogP contribution is 2.26. The van der Waals surface area contributed by atoms with E-state index in [1.54, 1.807) is 0 Å². The summed E-state index contributed by atoms with van der Waals surface area (Å²) in [5.74, 6) is 1.27. The predicted molar refractivity (Wildman–Crippen MR) is 79.6 cm³/mol. The van der Waals surface area contributed by atoms with Gasteiger partial charge in [-0.15, -0.1) is 0 Å². The highest BCUT2D eigenvalue weighted by Gasteiger charge is 2.25. The summed E-state index contributed by atoms with van der Waals surface area (Å²) >= 11 is 0. The van der Waals surface area contributed by atoms with Crippen LogP contribution >= 0.6 is 0 Å². The average Bonchev–Trinajstić information content (AvgIpc) is 2.82. The lowest BCUT2D eigenvalue weighted by Gasteiger charge is -2.14. The van der Waals surface area contributed by atoms with E-state index in [1.165, 1.54) is 5.56 Å². The summed E-state index contributed by atoms with van der Waals surface area (Å²) in [5.41, 5.74) is 7.17. The molecule has 1 aromatic carbocycles. The normalized spacial score (nSPS) is 21.7. The van der Waals surface area contributed by atoms with Crippen molar-refractivity contribution in [3.63, 3.8) is 0 Å². The number of ether oxygens (including phenoxy) is 1. The van der Waals surface area contributed by atoms with Crippen LogP contribution in [0.3, 0.4) is 0 Å². The second kappa shape index (κ2) is 7.29. The largest absolute Gasteiger partial charge is 0.492 e. The van der Waals surface area contributed by atoms with E-state index < -0.39 is 0 Å². The van der Waals surface area contributed by atoms with Crippen LogP contribution in [0.1, 0.15) is 31.2 Å². The van der Waals surface area contributed by atoms with Crippen LogP contribution in [0.15, 0.2) is 24.3 Å². The van der Waals surface area contributed by atoms with E-state index in [-0.39, 0.29) is 11.9 Å². The van der Waals surface area contributed by atoms with Crippen molar-refractivity contribution < 1.29 is 9.53 Å². The number of benzene rings is 1. The number of carbonyl (C=O) groups excluding carboxylic acids is 1. The molecule has 20 heavy (non-hydrogen) atoms. The highest BCUT2D eigenvalue weighted by molar-refractivity contribution is 5.76. The molecule has 1 aliphatic rings. The van der Waals surface area contributed by atoms with Gasteiger partial charge >= 0.3 is 0 Å². The number of carbonyl (C=O) groups is 1. The number of hydrogen-bond donors (Lipinski definition) is 2. The third kappa shape index (κ3) is 4.53. The van der Waals surface area contributed by atoms with Gasteiger partial charge in [-0.1, -0.05) is 24.1 Å². The average molecular weight is 276 g/mol. The molecule has 0 aliphatic heterocycles. The number of hydrogen-bond acceptors (Lipinski definition) is 3. The van der Waals surface area contributed by atoms with Gasteiger partial charge < -0.3 is 15.8 Å². The molecule has 0 bridgehead atoms. The summed E-state index contributed by atoms with van der Waals surface area (Å²) in [6, 6.07) is 8.10. The monoisotopic (exact) mass is 276 g/mol. The molecule has 4 heteroatoms. The fourth-order valence-electron chi connectivity index (χ4n) is 2.62. The number of amides is 1. The Labute approximate surface area is 120 Å². The first-order chi connectivity index (χ1) is 9.65. The van der Waals surface area contributed by atoms with Gasteiger partial charge in [0.15, 0.2) is 0 Å². The number of nitrogens with two attached hydrogens (primary N) is 1. The second-order valence-corrected chi connectivity index (χ2v) is 5.57. The molecule has 2 rings (SSSR count). The van der Waals surface area contributed by atoms with Crippen molar-refractivity contribution in [1.29, 1.82) is 0 Å². The zero-order valence-electron chi connectivity index (χ0n) is 12.1. The third-order valence-electron chi connectivity index (χ3n) is 3.88. The van der Waals surface area contributed by atoms with E-state index >= 15 is 0 Å². The van der Waals surface area contributed by atoms with Crippen LogP contribution in [-0.2, 0) is 4.79 Å². The van der Waals surface area contributed by atoms with Crippen molar-refractivity contribution in [3.05, 3.63) is 29.8 Å². The zero-order valence-corrected chi connectivity index (χ0v) is 12.1. The van der Waals surface area contributed by atoms with Gasteiger partial charge in [-0.2, -0.15) is 0 Å². The predicted octanol–water partition coefficient (Wildman–Crippen LogP) is 2.01. The molecule has 0 unspecified atom stereocenters. The Kier molecular flexibility index (Phi) is 5.41. The van der Waals surface area contributed by atoms with Gasteiger partial charge in [0.2, 0.25) is 5.91 Å². The molecular weight excluding hydrogens is 252 g/mol. The molecule has 0 saturated heterocycles. The molecule has 4 nitrogen and oxygen atoms in total. The first-order valence-electron chi connectivity index (χ1n) is 7.37. The maximum atomic E-state index is 11.8. The Morgan fingerprint density at radius 1 is 1.35 bits per heavy atom. The Bertz CT molecular complexity index is 431. The Hall–Kier alpha value is -1.55. The van der Waals surface area contributed by atoms with E-state index in [2.05, 4.69) is 5.32 Å². The van der Waals surface area contributed by atoms with Crippen LogP contribution in [-0.4, -0.2) is 25.1 Å². The SMILES string of the molecule is Cc1ccc(OCCNC(=O)C[C@@H]2CCC[C@H]2N)cc1.